The second-order valence-corrected chi connectivity index (χ2v) is 9.65. The van der Waals surface area contributed by atoms with Gasteiger partial charge in [-0.1, -0.05) is 11.6 Å². The number of halogens is 2. The fraction of sp³-hybridized carbons (Fsp3) is 0.522. The van der Waals surface area contributed by atoms with Gasteiger partial charge in [-0.2, -0.15) is 0 Å². The van der Waals surface area contributed by atoms with E-state index in [4.69, 9.17) is 16.3 Å². The van der Waals surface area contributed by atoms with Crippen molar-refractivity contribution in [1.82, 2.24) is 24.8 Å². The number of hydrogen-bond acceptors (Lipinski definition) is 8. The van der Waals surface area contributed by atoms with E-state index in [1.54, 1.807) is 0 Å². The van der Waals surface area contributed by atoms with Gasteiger partial charge in [-0.3, -0.25) is 0 Å². The Hall–Kier alpha value is -2.53. The highest BCUT2D eigenvalue weighted by Crippen LogP contribution is 2.34. The van der Waals surface area contributed by atoms with Crippen molar-refractivity contribution in [3.05, 3.63) is 29.2 Å². The van der Waals surface area contributed by atoms with Crippen LogP contribution in [0.1, 0.15) is 33.2 Å². The SMILES string of the molecule is CC(C)n1c(N[C@@H]2CN[C@H]2C)nc2c(F)cc(-c3nc(N[C@@H]4CCOC[C@H]4O)ncc3Cl)cc21. The van der Waals surface area contributed by atoms with Gasteiger partial charge >= 0.3 is 0 Å². The molecular formula is C23H29ClFN7O2. The third-order valence-electron chi connectivity index (χ3n) is 6.50. The summed E-state index contributed by atoms with van der Waals surface area (Å²) in [6.07, 6.45) is 1.45. The zero-order valence-electron chi connectivity index (χ0n) is 19.3. The number of benzene rings is 1. The van der Waals surface area contributed by atoms with Gasteiger partial charge < -0.3 is 30.4 Å². The number of ether oxygens (including phenoxy) is 1. The van der Waals surface area contributed by atoms with Crippen LogP contribution in [0, 0.1) is 5.82 Å². The van der Waals surface area contributed by atoms with Crippen LogP contribution in [0.5, 0.6) is 0 Å². The molecule has 1 aromatic carbocycles. The van der Waals surface area contributed by atoms with Gasteiger partial charge in [0.15, 0.2) is 5.82 Å². The lowest BCUT2D eigenvalue weighted by atomic mass is 10.0. The second-order valence-electron chi connectivity index (χ2n) is 9.24. The van der Waals surface area contributed by atoms with Crippen molar-refractivity contribution < 1.29 is 14.2 Å². The fourth-order valence-electron chi connectivity index (χ4n) is 4.42. The van der Waals surface area contributed by atoms with Crippen LogP contribution in [0.15, 0.2) is 18.3 Å². The Morgan fingerprint density at radius 3 is 2.76 bits per heavy atom. The molecular weight excluding hydrogens is 461 g/mol. The number of anilines is 2. The summed E-state index contributed by atoms with van der Waals surface area (Å²) in [6, 6.07) is 3.64. The van der Waals surface area contributed by atoms with Crippen molar-refractivity contribution >= 4 is 34.5 Å². The summed E-state index contributed by atoms with van der Waals surface area (Å²) in [5.41, 5.74) is 1.90. The summed E-state index contributed by atoms with van der Waals surface area (Å²) in [6.45, 7) is 7.82. The van der Waals surface area contributed by atoms with Crippen LogP contribution in [0.4, 0.5) is 16.3 Å². The normalized spacial score (nSPS) is 24.9. The molecule has 11 heteroatoms. The molecule has 0 saturated carbocycles. The number of aromatic nitrogens is 4. The third-order valence-corrected chi connectivity index (χ3v) is 6.78. The Bertz CT molecular complexity index is 1200. The van der Waals surface area contributed by atoms with E-state index in [2.05, 4.69) is 37.8 Å². The number of aliphatic hydroxyl groups is 1. The lowest BCUT2D eigenvalue weighted by Crippen LogP contribution is -2.59. The Labute approximate surface area is 202 Å². The van der Waals surface area contributed by atoms with Gasteiger partial charge in [-0.25, -0.2) is 19.3 Å². The van der Waals surface area contributed by atoms with E-state index in [-0.39, 0.29) is 24.7 Å². The van der Waals surface area contributed by atoms with Crippen molar-refractivity contribution in [2.45, 2.75) is 57.5 Å². The lowest BCUT2D eigenvalue weighted by Gasteiger charge is -2.36. The van der Waals surface area contributed by atoms with Crippen LogP contribution in [-0.2, 0) is 4.74 Å². The third kappa shape index (κ3) is 4.31. The molecule has 0 amide bonds. The average molecular weight is 490 g/mol. The molecule has 0 radical (unpaired) electrons. The second kappa shape index (κ2) is 9.26. The number of aliphatic hydroxyl groups excluding tert-OH is 1. The highest BCUT2D eigenvalue weighted by Gasteiger charge is 2.29. The summed E-state index contributed by atoms with van der Waals surface area (Å²) in [4.78, 5) is 13.4. The number of nitrogens with zero attached hydrogens (tertiary/aromatic N) is 4. The Morgan fingerprint density at radius 1 is 1.26 bits per heavy atom. The Kier molecular flexibility index (Phi) is 6.32. The number of fused-ring (bicyclic) bond motifs is 1. The molecule has 2 aliphatic heterocycles. The van der Waals surface area contributed by atoms with Gasteiger partial charge in [0.25, 0.3) is 0 Å². The first-order valence-electron chi connectivity index (χ1n) is 11.6. The average Bonchev–Trinajstić information content (AvgIpc) is 3.18. The molecule has 34 heavy (non-hydrogen) atoms. The fourth-order valence-corrected chi connectivity index (χ4v) is 4.62. The first kappa shape index (κ1) is 23.2. The quantitative estimate of drug-likeness (QED) is 0.418. The molecule has 4 atom stereocenters. The van der Waals surface area contributed by atoms with Crippen LogP contribution >= 0.6 is 11.6 Å². The Balaban J connectivity index is 1.53. The van der Waals surface area contributed by atoms with E-state index >= 15 is 4.39 Å². The molecule has 2 fully saturated rings. The molecule has 0 aliphatic carbocycles. The maximum Gasteiger partial charge on any atom is 0.223 e. The predicted octanol–water partition coefficient (Wildman–Crippen LogP) is 3.20. The summed E-state index contributed by atoms with van der Waals surface area (Å²) in [7, 11) is 0. The zero-order chi connectivity index (χ0) is 24.0. The lowest BCUT2D eigenvalue weighted by molar-refractivity contribution is -0.0136. The highest BCUT2D eigenvalue weighted by molar-refractivity contribution is 6.33. The molecule has 0 unspecified atom stereocenters. The standard InChI is InChI=1S/C23H29ClFN7O2/c1-11(2)32-18-7-13(6-15(25)21(18)31-23(32)29-17-9-26-12(17)3)20-14(24)8-27-22(30-20)28-16-4-5-34-10-19(16)33/h6-8,11-12,16-17,19,26,33H,4-5,9-10H2,1-3H3,(H,29,31)(H,27,28,30)/t12-,16+,17+,19+/m0/s1. The zero-order valence-corrected chi connectivity index (χ0v) is 20.1. The summed E-state index contributed by atoms with van der Waals surface area (Å²) < 4.78 is 22.6. The summed E-state index contributed by atoms with van der Waals surface area (Å²) in [5, 5.41) is 20.4. The van der Waals surface area contributed by atoms with Crippen LogP contribution in [0.3, 0.4) is 0 Å². The van der Waals surface area contributed by atoms with Crippen LogP contribution < -0.4 is 16.0 Å². The van der Waals surface area contributed by atoms with Gasteiger partial charge in [0, 0.05) is 30.8 Å². The minimum absolute atomic E-state index is 0.0543. The molecule has 2 saturated heterocycles. The molecule has 9 nitrogen and oxygen atoms in total. The number of nitrogens with one attached hydrogen (secondary N) is 3. The maximum absolute atomic E-state index is 15.3. The highest BCUT2D eigenvalue weighted by atomic mass is 35.5. The van der Waals surface area contributed by atoms with E-state index in [0.717, 1.165) is 6.54 Å². The van der Waals surface area contributed by atoms with E-state index < -0.39 is 11.9 Å². The van der Waals surface area contributed by atoms with E-state index in [1.165, 1.54) is 12.3 Å². The first-order chi connectivity index (χ1) is 16.3. The number of hydrogen-bond donors (Lipinski definition) is 4. The minimum atomic E-state index is -0.662. The minimum Gasteiger partial charge on any atom is -0.389 e. The van der Waals surface area contributed by atoms with Gasteiger partial charge in [0.05, 0.1) is 47.2 Å². The molecule has 2 aromatic heterocycles. The molecule has 4 heterocycles. The molecule has 4 N–H and O–H groups in total. The largest absolute Gasteiger partial charge is 0.389 e. The smallest absolute Gasteiger partial charge is 0.223 e. The summed E-state index contributed by atoms with van der Waals surface area (Å²) >= 11 is 6.44. The van der Waals surface area contributed by atoms with Gasteiger partial charge in [-0.05, 0) is 39.3 Å². The van der Waals surface area contributed by atoms with Crippen molar-refractivity contribution in [1.29, 1.82) is 0 Å². The van der Waals surface area contributed by atoms with Crippen LogP contribution in [-0.4, -0.2) is 68.6 Å². The van der Waals surface area contributed by atoms with Crippen LogP contribution in [0.25, 0.3) is 22.3 Å². The van der Waals surface area contributed by atoms with Gasteiger partial charge in [0.1, 0.15) is 5.52 Å². The van der Waals surface area contributed by atoms with E-state index in [9.17, 15) is 5.11 Å². The molecule has 182 valence electrons. The van der Waals surface area contributed by atoms with Crippen molar-refractivity contribution in [2.24, 2.45) is 0 Å². The van der Waals surface area contributed by atoms with Crippen LogP contribution in [0.2, 0.25) is 5.02 Å². The molecule has 2 aliphatic rings. The predicted molar refractivity (Wildman–Crippen MR) is 130 cm³/mol. The molecule has 0 bridgehead atoms. The van der Waals surface area contributed by atoms with Crippen molar-refractivity contribution in [2.75, 3.05) is 30.4 Å². The van der Waals surface area contributed by atoms with E-state index in [0.29, 0.717) is 58.3 Å². The molecule has 0 spiro atoms. The number of imidazole rings is 1. The van der Waals surface area contributed by atoms with E-state index in [1.807, 2.05) is 24.5 Å². The molecule has 3 aromatic rings. The maximum atomic E-state index is 15.3. The van der Waals surface area contributed by atoms with Gasteiger partial charge in [-0.15, -0.1) is 0 Å². The molecule has 5 rings (SSSR count). The monoisotopic (exact) mass is 489 g/mol. The topological polar surface area (TPSA) is 109 Å². The van der Waals surface area contributed by atoms with Gasteiger partial charge in [0.2, 0.25) is 11.9 Å². The summed E-state index contributed by atoms with van der Waals surface area (Å²) in [5.74, 6) is 0.514. The van der Waals surface area contributed by atoms with Crippen molar-refractivity contribution in [3.8, 4) is 11.3 Å². The van der Waals surface area contributed by atoms with Crippen molar-refractivity contribution in [3.63, 3.8) is 0 Å². The Morgan fingerprint density at radius 2 is 2.09 bits per heavy atom. The first-order valence-corrected chi connectivity index (χ1v) is 12.0. The number of rotatable bonds is 6.